The summed E-state index contributed by atoms with van der Waals surface area (Å²) in [6, 6.07) is 10.7. The van der Waals surface area contributed by atoms with Gasteiger partial charge in [-0.05, 0) is 37.2 Å². The first-order chi connectivity index (χ1) is 14.6. The molecule has 0 saturated carbocycles. The molecule has 1 rings (SSSR count). The monoisotopic (exact) mass is 579 g/mol. The van der Waals surface area contributed by atoms with Gasteiger partial charge < -0.3 is 12.4 Å². The molecule has 0 aliphatic heterocycles. The topological polar surface area (TPSA) is 0 Å². The van der Waals surface area contributed by atoms with Crippen LogP contribution in [0.1, 0.15) is 96.5 Å². The second-order valence-electron chi connectivity index (χ2n) is 8.71. The standard InChI is InChI=1S/C27H44ClIN.ClH/c1-4-7-9-11-13-18-22-30(27(29)6-3,23-19-14-12-10-8-5-2)26(28)24-25-20-16-15-17-21-25;/h3,15-17,20-21,26-27H,4-5,7-14,18-19,22-24H2,1-2H3;1H/q+1;/p-1. The number of unbranched alkanes of at least 4 members (excludes halogenated alkanes) is 10. The van der Waals surface area contributed by atoms with E-state index >= 15 is 0 Å². The maximum absolute atomic E-state index is 7.21. The number of quaternary nitrogens is 1. The van der Waals surface area contributed by atoms with Gasteiger partial charge in [-0.25, -0.2) is 0 Å². The van der Waals surface area contributed by atoms with Crippen LogP contribution in [-0.4, -0.2) is 27.1 Å². The molecule has 2 atom stereocenters. The summed E-state index contributed by atoms with van der Waals surface area (Å²) in [5.41, 5.74) is 1.34. The second-order valence-corrected chi connectivity index (χ2v) is 10.4. The predicted molar refractivity (Wildman–Crippen MR) is 143 cm³/mol. The van der Waals surface area contributed by atoms with Crippen LogP contribution in [0, 0.1) is 12.3 Å². The number of hydrogen-bond acceptors (Lipinski definition) is 0. The summed E-state index contributed by atoms with van der Waals surface area (Å²) < 4.78 is 0.981. The van der Waals surface area contributed by atoms with Crippen molar-refractivity contribution >= 4 is 34.2 Å². The molecule has 1 aromatic rings. The third-order valence-corrected chi connectivity index (χ3v) is 8.26. The van der Waals surface area contributed by atoms with Crippen LogP contribution in [0.5, 0.6) is 0 Å². The van der Waals surface area contributed by atoms with Crippen LogP contribution in [0.3, 0.4) is 0 Å². The van der Waals surface area contributed by atoms with E-state index in [1.54, 1.807) is 0 Å². The zero-order chi connectivity index (χ0) is 22.1. The van der Waals surface area contributed by atoms with Crippen LogP contribution in [-0.2, 0) is 6.42 Å². The minimum Gasteiger partial charge on any atom is -1.00 e. The smallest absolute Gasteiger partial charge is 0.201 e. The summed E-state index contributed by atoms with van der Waals surface area (Å²) in [4.78, 5) is 0. The Kier molecular flexibility index (Phi) is 19.5. The van der Waals surface area contributed by atoms with Gasteiger partial charge in [0, 0.05) is 29.0 Å². The van der Waals surface area contributed by atoms with Crippen molar-refractivity contribution in [2.75, 3.05) is 13.1 Å². The van der Waals surface area contributed by atoms with Crippen molar-refractivity contribution in [2.24, 2.45) is 0 Å². The maximum Gasteiger partial charge on any atom is 0.201 e. The van der Waals surface area contributed by atoms with E-state index in [0.717, 1.165) is 24.0 Å². The third-order valence-electron chi connectivity index (χ3n) is 6.25. The summed E-state index contributed by atoms with van der Waals surface area (Å²) in [7, 11) is 0. The van der Waals surface area contributed by atoms with Crippen molar-refractivity contribution in [1.82, 2.24) is 0 Å². The van der Waals surface area contributed by atoms with Crippen LogP contribution in [0.4, 0.5) is 0 Å². The Bertz CT molecular complexity index is 556. The average Bonchev–Trinajstić information content (AvgIpc) is 2.77. The molecule has 0 N–H and O–H groups in total. The summed E-state index contributed by atoms with van der Waals surface area (Å²) >= 11 is 9.69. The molecule has 0 aliphatic rings. The van der Waals surface area contributed by atoms with Gasteiger partial charge in [0.25, 0.3) is 0 Å². The maximum atomic E-state index is 7.21. The third kappa shape index (κ3) is 12.2. The highest BCUT2D eigenvalue weighted by Crippen LogP contribution is 2.31. The van der Waals surface area contributed by atoms with Crippen molar-refractivity contribution in [1.29, 1.82) is 0 Å². The molecule has 31 heavy (non-hydrogen) atoms. The predicted octanol–water partition coefficient (Wildman–Crippen LogP) is 5.73. The molecule has 0 bridgehead atoms. The van der Waals surface area contributed by atoms with Crippen LogP contribution in [0.25, 0.3) is 0 Å². The molecule has 0 fully saturated rings. The van der Waals surface area contributed by atoms with Gasteiger partial charge in [-0.1, -0.05) is 107 Å². The molecule has 0 saturated heterocycles. The lowest BCUT2D eigenvalue weighted by Gasteiger charge is -2.44. The van der Waals surface area contributed by atoms with Gasteiger partial charge in [0.15, 0.2) is 5.50 Å². The highest BCUT2D eigenvalue weighted by Gasteiger charge is 2.40. The van der Waals surface area contributed by atoms with E-state index in [1.165, 1.54) is 82.6 Å². The molecule has 0 heterocycles. The number of rotatable bonds is 18. The van der Waals surface area contributed by atoms with E-state index in [4.69, 9.17) is 18.0 Å². The van der Waals surface area contributed by atoms with Crippen molar-refractivity contribution in [3.05, 3.63) is 35.9 Å². The number of halogens is 3. The van der Waals surface area contributed by atoms with Crippen molar-refractivity contribution in [2.45, 2.75) is 107 Å². The van der Waals surface area contributed by atoms with Gasteiger partial charge >= 0.3 is 0 Å². The van der Waals surface area contributed by atoms with Gasteiger partial charge in [0.1, 0.15) is 0 Å². The van der Waals surface area contributed by atoms with Gasteiger partial charge in [0.2, 0.25) is 4.05 Å². The summed E-state index contributed by atoms with van der Waals surface area (Å²) in [6.07, 6.45) is 22.6. The Morgan fingerprint density at radius 3 is 1.74 bits per heavy atom. The van der Waals surface area contributed by atoms with Crippen LogP contribution < -0.4 is 12.4 Å². The van der Waals surface area contributed by atoms with Gasteiger partial charge in [0.05, 0.1) is 13.1 Å². The molecule has 178 valence electrons. The van der Waals surface area contributed by atoms with E-state index in [2.05, 4.69) is 72.7 Å². The Morgan fingerprint density at radius 2 is 1.29 bits per heavy atom. The SMILES string of the molecule is C#CC(I)[N+](CCCCCCCC)(CCCCCCCC)C(Cl)Cc1ccccc1.[Cl-]. The first kappa shape index (κ1) is 31.0. The minimum absolute atomic E-state index is 0. The Balaban J connectivity index is 0.00000900. The van der Waals surface area contributed by atoms with Crippen molar-refractivity contribution < 1.29 is 16.9 Å². The molecule has 1 aromatic carbocycles. The van der Waals surface area contributed by atoms with Crippen LogP contribution in [0.15, 0.2) is 30.3 Å². The van der Waals surface area contributed by atoms with E-state index in [0.29, 0.717) is 0 Å². The summed E-state index contributed by atoms with van der Waals surface area (Å²) in [5.74, 6) is 3.07. The molecular weight excluding hydrogens is 536 g/mol. The zero-order valence-electron chi connectivity index (χ0n) is 19.8. The molecule has 0 aromatic heterocycles. The Hall–Kier alpha value is 0.0500. The number of terminal acetylenes is 1. The molecule has 0 amide bonds. The molecule has 0 radical (unpaired) electrons. The van der Waals surface area contributed by atoms with Crippen molar-refractivity contribution in [3.63, 3.8) is 0 Å². The van der Waals surface area contributed by atoms with Crippen molar-refractivity contribution in [3.8, 4) is 12.3 Å². The van der Waals surface area contributed by atoms with E-state index in [9.17, 15) is 0 Å². The molecule has 1 nitrogen and oxygen atoms in total. The zero-order valence-corrected chi connectivity index (χ0v) is 23.5. The highest BCUT2D eigenvalue weighted by molar-refractivity contribution is 14.1. The van der Waals surface area contributed by atoms with E-state index in [-0.39, 0.29) is 22.0 Å². The van der Waals surface area contributed by atoms with Gasteiger partial charge in [-0.3, -0.25) is 4.48 Å². The molecule has 0 spiro atoms. The van der Waals surface area contributed by atoms with Gasteiger partial charge in [-0.2, -0.15) is 0 Å². The minimum atomic E-state index is 0. The lowest BCUT2D eigenvalue weighted by molar-refractivity contribution is -0.938. The fourth-order valence-electron chi connectivity index (χ4n) is 4.27. The number of hydrogen-bond donors (Lipinski definition) is 0. The fraction of sp³-hybridized carbons (Fsp3) is 0.704. The number of benzene rings is 1. The normalized spacial score (nSPS) is 13.3. The molecule has 4 heteroatoms. The van der Waals surface area contributed by atoms with Crippen LogP contribution in [0.2, 0.25) is 0 Å². The van der Waals surface area contributed by atoms with Gasteiger partial charge in [-0.15, -0.1) is 6.42 Å². The fourth-order valence-corrected chi connectivity index (χ4v) is 5.89. The first-order valence-corrected chi connectivity index (χ1v) is 13.9. The van der Waals surface area contributed by atoms with E-state index < -0.39 is 0 Å². The first-order valence-electron chi connectivity index (χ1n) is 12.2. The summed E-state index contributed by atoms with van der Waals surface area (Å²) in [6.45, 7) is 6.75. The summed E-state index contributed by atoms with van der Waals surface area (Å²) in [5, 5.41) is 0. The Morgan fingerprint density at radius 1 is 0.839 bits per heavy atom. The lowest BCUT2D eigenvalue weighted by Crippen LogP contribution is -3.00. The second kappa shape index (κ2) is 19.5. The quantitative estimate of drug-likeness (QED) is 0.0520. The lowest BCUT2D eigenvalue weighted by atomic mass is 10.1. The Labute approximate surface area is 218 Å². The number of alkyl halides is 2. The molecule has 2 unspecified atom stereocenters. The molecule has 0 aliphatic carbocycles. The largest absolute Gasteiger partial charge is 1.00 e. The van der Waals surface area contributed by atoms with E-state index in [1.807, 2.05) is 0 Å². The average molecular weight is 580 g/mol. The molecular formula is C27H44Cl2IN. The van der Waals surface area contributed by atoms with Crippen LogP contribution >= 0.6 is 34.2 Å². The highest BCUT2D eigenvalue weighted by atomic mass is 127. The number of nitrogens with zero attached hydrogens (tertiary/aromatic N) is 1.